The highest BCUT2D eigenvalue weighted by Crippen LogP contribution is 2.23. The molecule has 0 aliphatic carbocycles. The van der Waals surface area contributed by atoms with Crippen LogP contribution in [0.3, 0.4) is 0 Å². The second-order valence-electron chi connectivity index (χ2n) is 10.3. The van der Waals surface area contributed by atoms with Crippen LogP contribution in [0.4, 0.5) is 4.79 Å². The van der Waals surface area contributed by atoms with E-state index in [0.29, 0.717) is 6.42 Å². The Morgan fingerprint density at radius 2 is 1.50 bits per heavy atom. The van der Waals surface area contributed by atoms with Gasteiger partial charge in [-0.3, -0.25) is 9.79 Å². The van der Waals surface area contributed by atoms with Crippen LogP contribution < -0.4 is 0 Å². The van der Waals surface area contributed by atoms with E-state index in [0.717, 1.165) is 27.1 Å². The van der Waals surface area contributed by atoms with Crippen molar-refractivity contribution < 1.29 is 38.5 Å². The van der Waals surface area contributed by atoms with Crippen LogP contribution in [0.1, 0.15) is 65.0 Å². The SMILES string of the molecule is C.COC(=O)[C@@H]1CCC(=O)N1C(=O)OC(C)(C)C.COC(=O)[C@@H]1CCC(c2ccc(O)cc2)=N1.Cc1ccc(Br)cc1. The molecule has 2 amide bonds. The molecule has 2 aromatic rings. The number of benzene rings is 2. The molecule has 10 nitrogen and oxygen atoms in total. The van der Waals surface area contributed by atoms with E-state index in [1.54, 1.807) is 45.0 Å². The number of aliphatic imine (C=N–C) groups is 1. The van der Waals surface area contributed by atoms with Crippen LogP contribution in [-0.4, -0.2) is 71.6 Å². The lowest BCUT2D eigenvalue weighted by atomic mass is 10.1. The van der Waals surface area contributed by atoms with E-state index in [1.165, 1.54) is 19.8 Å². The number of aryl methyl sites for hydroxylation is 1. The number of hydrogen-bond acceptors (Lipinski definition) is 9. The van der Waals surface area contributed by atoms with Crippen LogP contribution in [0.2, 0.25) is 0 Å². The van der Waals surface area contributed by atoms with Gasteiger partial charge in [0.25, 0.3) is 0 Å². The van der Waals surface area contributed by atoms with Gasteiger partial charge in [-0.25, -0.2) is 19.3 Å². The normalized spacial score (nSPS) is 17.4. The second-order valence-corrected chi connectivity index (χ2v) is 11.2. The molecule has 2 aliphatic rings. The Morgan fingerprint density at radius 1 is 0.929 bits per heavy atom. The highest BCUT2D eigenvalue weighted by Gasteiger charge is 2.43. The molecule has 0 bridgehead atoms. The van der Waals surface area contributed by atoms with Gasteiger partial charge in [0.05, 0.1) is 14.2 Å². The number of phenolic OH excluding ortho intramolecular Hbond substituents is 1. The Balaban J connectivity index is 0.000000330. The van der Waals surface area contributed by atoms with Crippen molar-refractivity contribution in [1.29, 1.82) is 0 Å². The van der Waals surface area contributed by atoms with Crippen molar-refractivity contribution in [2.75, 3.05) is 14.2 Å². The van der Waals surface area contributed by atoms with Crippen LogP contribution in [-0.2, 0) is 28.6 Å². The minimum atomic E-state index is -0.859. The first-order chi connectivity index (χ1) is 19.2. The Hall–Kier alpha value is -3.73. The van der Waals surface area contributed by atoms with Gasteiger partial charge in [-0.05, 0) is 88.9 Å². The summed E-state index contributed by atoms with van der Waals surface area (Å²) in [7, 11) is 2.59. The van der Waals surface area contributed by atoms with Gasteiger partial charge in [0, 0.05) is 16.6 Å². The molecule has 0 spiro atoms. The van der Waals surface area contributed by atoms with E-state index in [-0.39, 0.29) is 38.0 Å². The Bertz CT molecular complexity index is 1220. The summed E-state index contributed by atoms with van der Waals surface area (Å²) < 4.78 is 15.4. The number of hydrogen-bond donors (Lipinski definition) is 1. The van der Waals surface area contributed by atoms with Crippen molar-refractivity contribution >= 4 is 45.6 Å². The third kappa shape index (κ3) is 11.3. The van der Waals surface area contributed by atoms with Gasteiger partial charge in [-0.2, -0.15) is 0 Å². The molecule has 1 fully saturated rings. The molecule has 2 atom stereocenters. The number of likely N-dealkylation sites (tertiary alicyclic amines) is 1. The first-order valence-corrected chi connectivity index (χ1v) is 13.8. The molecule has 0 unspecified atom stereocenters. The van der Waals surface area contributed by atoms with Crippen molar-refractivity contribution in [2.24, 2.45) is 4.99 Å². The standard InChI is InChI=1S/C12H13NO3.C11H17NO5.C7H7Br.CH4/c1-16-12(15)11-7-6-10(13-11)8-2-4-9(14)5-3-8;1-11(2,3)17-10(15)12-7(9(14)16-4)5-6-8(12)13;1-6-2-4-7(8)5-3-6;/h2-5,11,14H,6-7H2,1H3;7H,5-6H2,1-4H3;2-5H,1H3;1H4/t11-;7-;;/m00../s1. The van der Waals surface area contributed by atoms with E-state index < -0.39 is 29.6 Å². The number of nitrogens with zero attached hydrogens (tertiary/aromatic N) is 2. The van der Waals surface area contributed by atoms with Gasteiger partial charge >= 0.3 is 18.0 Å². The molecule has 2 heterocycles. The van der Waals surface area contributed by atoms with Gasteiger partial charge in [0.1, 0.15) is 23.4 Å². The summed E-state index contributed by atoms with van der Waals surface area (Å²) in [4.78, 5) is 51.2. The van der Waals surface area contributed by atoms with Crippen molar-refractivity contribution in [3.8, 4) is 5.75 Å². The van der Waals surface area contributed by atoms with Gasteiger partial charge in [0.15, 0.2) is 0 Å². The van der Waals surface area contributed by atoms with Gasteiger partial charge < -0.3 is 19.3 Å². The molecule has 11 heteroatoms. The first-order valence-electron chi connectivity index (χ1n) is 13.0. The second kappa shape index (κ2) is 16.6. The number of imide groups is 1. The molecule has 0 aromatic heterocycles. The van der Waals surface area contributed by atoms with Crippen molar-refractivity contribution in [2.45, 2.75) is 78.5 Å². The molecular formula is C31H41BrN2O8. The van der Waals surface area contributed by atoms with Gasteiger partial charge in [0.2, 0.25) is 5.91 Å². The van der Waals surface area contributed by atoms with E-state index in [1.807, 2.05) is 12.1 Å². The number of halogens is 1. The first kappa shape index (κ1) is 36.3. The van der Waals surface area contributed by atoms with Crippen molar-refractivity contribution in [3.05, 3.63) is 64.1 Å². The summed E-state index contributed by atoms with van der Waals surface area (Å²) in [5.41, 5.74) is 2.44. The number of esters is 2. The lowest BCUT2D eigenvalue weighted by Crippen LogP contribution is -2.45. The third-order valence-corrected chi connectivity index (χ3v) is 6.46. The minimum Gasteiger partial charge on any atom is -0.508 e. The zero-order chi connectivity index (χ0) is 30.7. The van der Waals surface area contributed by atoms with E-state index >= 15 is 0 Å². The largest absolute Gasteiger partial charge is 0.508 e. The summed E-state index contributed by atoms with van der Waals surface area (Å²) in [5.74, 6) is -1.06. The van der Waals surface area contributed by atoms with E-state index in [4.69, 9.17) is 9.84 Å². The topological polar surface area (TPSA) is 132 Å². The molecule has 2 aliphatic heterocycles. The third-order valence-electron chi connectivity index (χ3n) is 5.93. The molecule has 1 saturated heterocycles. The maximum absolute atomic E-state index is 11.8. The summed E-state index contributed by atoms with van der Waals surface area (Å²) in [6.45, 7) is 7.15. The molecule has 1 N–H and O–H groups in total. The molecule has 0 saturated carbocycles. The molecule has 230 valence electrons. The lowest BCUT2D eigenvalue weighted by Gasteiger charge is -2.26. The van der Waals surface area contributed by atoms with Crippen molar-refractivity contribution in [3.63, 3.8) is 0 Å². The summed E-state index contributed by atoms with van der Waals surface area (Å²) in [6, 6.07) is 13.8. The molecule has 2 aromatic carbocycles. The van der Waals surface area contributed by atoms with E-state index in [2.05, 4.69) is 49.5 Å². The zero-order valence-corrected chi connectivity index (χ0v) is 25.8. The molecule has 4 rings (SSSR count). The number of methoxy groups -OCH3 is 2. The predicted molar refractivity (Wildman–Crippen MR) is 163 cm³/mol. The number of carbonyl (C=O) groups is 4. The van der Waals surface area contributed by atoms with E-state index in [9.17, 15) is 19.2 Å². The van der Waals surface area contributed by atoms with Crippen LogP contribution >= 0.6 is 15.9 Å². The van der Waals surface area contributed by atoms with Crippen LogP contribution in [0.5, 0.6) is 5.75 Å². The fraction of sp³-hybridized carbons (Fsp3) is 0.452. The van der Waals surface area contributed by atoms with Crippen LogP contribution in [0.25, 0.3) is 0 Å². The average molecular weight is 650 g/mol. The van der Waals surface area contributed by atoms with Crippen LogP contribution in [0, 0.1) is 6.92 Å². The fourth-order valence-corrected chi connectivity index (χ4v) is 4.15. The quantitative estimate of drug-likeness (QED) is 0.317. The number of phenols is 1. The molecular weight excluding hydrogens is 608 g/mol. The average Bonchev–Trinajstić information content (AvgIpc) is 3.57. The Labute approximate surface area is 256 Å². The summed E-state index contributed by atoms with van der Waals surface area (Å²) in [6.07, 6.45) is 1.10. The summed E-state index contributed by atoms with van der Waals surface area (Å²) >= 11 is 3.35. The number of aromatic hydroxyl groups is 1. The lowest BCUT2D eigenvalue weighted by molar-refractivity contribution is -0.148. The van der Waals surface area contributed by atoms with Crippen LogP contribution in [0.15, 0.2) is 58.0 Å². The molecule has 0 radical (unpaired) electrons. The number of ether oxygens (including phenoxy) is 3. The predicted octanol–water partition coefficient (Wildman–Crippen LogP) is 6.00. The fourth-order valence-electron chi connectivity index (χ4n) is 3.89. The highest BCUT2D eigenvalue weighted by molar-refractivity contribution is 9.10. The van der Waals surface area contributed by atoms with Gasteiger partial charge in [-0.1, -0.05) is 41.1 Å². The Morgan fingerprint density at radius 3 is 2.00 bits per heavy atom. The number of rotatable bonds is 3. The highest BCUT2D eigenvalue weighted by atomic mass is 79.9. The Kier molecular flexibility index (Phi) is 14.4. The van der Waals surface area contributed by atoms with Gasteiger partial charge in [-0.15, -0.1) is 0 Å². The smallest absolute Gasteiger partial charge is 0.417 e. The minimum absolute atomic E-state index is 0. The monoisotopic (exact) mass is 648 g/mol. The van der Waals surface area contributed by atoms with Crippen molar-refractivity contribution in [1.82, 2.24) is 4.90 Å². The number of carbonyl (C=O) groups excluding carboxylic acids is 4. The number of amides is 2. The maximum atomic E-state index is 11.8. The molecule has 42 heavy (non-hydrogen) atoms. The zero-order valence-electron chi connectivity index (χ0n) is 24.2. The summed E-state index contributed by atoms with van der Waals surface area (Å²) in [5, 5.41) is 9.16. The maximum Gasteiger partial charge on any atom is 0.417 e.